The van der Waals surface area contributed by atoms with E-state index in [-0.39, 0.29) is 6.61 Å². The molecule has 0 saturated heterocycles. The molecule has 1 heterocycles. The van der Waals surface area contributed by atoms with Crippen LogP contribution in [-0.4, -0.2) is 37.5 Å². The topological polar surface area (TPSA) is 32.7 Å². The molecule has 3 nitrogen and oxygen atoms in total. The first-order valence-corrected chi connectivity index (χ1v) is 5.86. The van der Waals surface area contributed by atoms with Crippen molar-refractivity contribution < 1.29 is 9.84 Å². The first-order chi connectivity index (χ1) is 7.83. The molecular formula is C13H19NO2. The molecule has 0 radical (unpaired) electrons. The van der Waals surface area contributed by atoms with Gasteiger partial charge < -0.3 is 14.7 Å². The molecule has 0 spiro atoms. The molecule has 0 bridgehead atoms. The lowest BCUT2D eigenvalue weighted by Gasteiger charge is -2.24. The summed E-state index contributed by atoms with van der Waals surface area (Å²) >= 11 is 0. The zero-order chi connectivity index (χ0) is 11.4. The first-order valence-electron chi connectivity index (χ1n) is 5.86. The normalized spacial score (nSPS) is 18.9. The van der Waals surface area contributed by atoms with Crippen LogP contribution in [0.25, 0.3) is 0 Å². The number of ether oxygens (including phenoxy) is 1. The highest BCUT2D eigenvalue weighted by Crippen LogP contribution is 2.31. The number of hydrogen-bond acceptors (Lipinski definition) is 3. The van der Waals surface area contributed by atoms with Crippen LogP contribution in [-0.2, 0) is 11.2 Å². The SMILES string of the molecule is CC1Cc2ccccc2N1CCOCCO. The molecule has 1 atom stereocenters. The summed E-state index contributed by atoms with van der Waals surface area (Å²) in [5.41, 5.74) is 2.76. The highest BCUT2D eigenvalue weighted by Gasteiger charge is 2.24. The molecule has 0 fully saturated rings. The molecule has 1 unspecified atom stereocenters. The van der Waals surface area contributed by atoms with Crippen molar-refractivity contribution in [3.8, 4) is 0 Å². The highest BCUT2D eigenvalue weighted by atomic mass is 16.5. The van der Waals surface area contributed by atoms with E-state index in [2.05, 4.69) is 36.1 Å². The molecule has 16 heavy (non-hydrogen) atoms. The summed E-state index contributed by atoms with van der Waals surface area (Å²) in [5, 5.41) is 8.63. The average molecular weight is 221 g/mol. The average Bonchev–Trinajstić information content (AvgIpc) is 2.61. The smallest absolute Gasteiger partial charge is 0.0698 e. The summed E-state index contributed by atoms with van der Waals surface area (Å²) < 4.78 is 5.32. The van der Waals surface area contributed by atoms with Crippen molar-refractivity contribution in [3.63, 3.8) is 0 Å². The standard InChI is InChI=1S/C13H19NO2/c1-11-10-12-4-2-3-5-13(12)14(11)6-8-16-9-7-15/h2-5,11,15H,6-10H2,1H3. The maximum atomic E-state index is 8.63. The van der Waals surface area contributed by atoms with E-state index in [1.54, 1.807) is 0 Å². The number of aliphatic hydroxyl groups is 1. The lowest BCUT2D eigenvalue weighted by atomic mass is 10.1. The molecular weight excluding hydrogens is 202 g/mol. The number of para-hydroxylation sites is 1. The van der Waals surface area contributed by atoms with Crippen molar-refractivity contribution in [1.29, 1.82) is 0 Å². The minimum absolute atomic E-state index is 0.103. The van der Waals surface area contributed by atoms with Crippen LogP contribution in [0.3, 0.4) is 0 Å². The van der Waals surface area contributed by atoms with Gasteiger partial charge >= 0.3 is 0 Å². The lowest BCUT2D eigenvalue weighted by molar-refractivity contribution is 0.0962. The van der Waals surface area contributed by atoms with Crippen molar-refractivity contribution in [1.82, 2.24) is 0 Å². The molecule has 1 aromatic rings. The molecule has 2 rings (SSSR count). The third kappa shape index (κ3) is 2.36. The van der Waals surface area contributed by atoms with Crippen LogP contribution in [0.15, 0.2) is 24.3 Å². The van der Waals surface area contributed by atoms with Crippen LogP contribution in [0.5, 0.6) is 0 Å². The predicted molar refractivity (Wildman–Crippen MR) is 64.9 cm³/mol. The fourth-order valence-electron chi connectivity index (χ4n) is 2.30. The number of hydrogen-bond donors (Lipinski definition) is 1. The Bertz CT molecular complexity index is 340. The largest absolute Gasteiger partial charge is 0.394 e. The fourth-order valence-corrected chi connectivity index (χ4v) is 2.30. The Labute approximate surface area is 96.6 Å². The fraction of sp³-hybridized carbons (Fsp3) is 0.538. The monoisotopic (exact) mass is 221 g/mol. The second kappa shape index (κ2) is 5.32. The van der Waals surface area contributed by atoms with Crippen LogP contribution >= 0.6 is 0 Å². The Morgan fingerprint density at radius 3 is 3.00 bits per heavy atom. The summed E-state index contributed by atoms with van der Waals surface area (Å²) in [7, 11) is 0. The van der Waals surface area contributed by atoms with Gasteiger partial charge in [0, 0.05) is 18.3 Å². The van der Waals surface area contributed by atoms with Gasteiger partial charge in [-0.1, -0.05) is 18.2 Å². The van der Waals surface area contributed by atoms with Crippen LogP contribution in [0.1, 0.15) is 12.5 Å². The molecule has 0 amide bonds. The van der Waals surface area contributed by atoms with E-state index in [9.17, 15) is 0 Å². The molecule has 0 aromatic heterocycles. The minimum Gasteiger partial charge on any atom is -0.394 e. The molecule has 1 aromatic carbocycles. The third-order valence-electron chi connectivity index (χ3n) is 3.06. The molecule has 1 aliphatic heterocycles. The van der Waals surface area contributed by atoms with Crippen molar-refractivity contribution in [3.05, 3.63) is 29.8 Å². The number of anilines is 1. The van der Waals surface area contributed by atoms with Crippen LogP contribution < -0.4 is 4.90 Å². The number of aliphatic hydroxyl groups excluding tert-OH is 1. The molecule has 3 heteroatoms. The molecule has 1 aliphatic rings. The number of benzene rings is 1. The summed E-state index contributed by atoms with van der Waals surface area (Å²) in [6.07, 6.45) is 1.12. The zero-order valence-corrected chi connectivity index (χ0v) is 9.72. The van der Waals surface area contributed by atoms with E-state index >= 15 is 0 Å². The number of nitrogens with zero attached hydrogens (tertiary/aromatic N) is 1. The van der Waals surface area contributed by atoms with E-state index in [4.69, 9.17) is 9.84 Å². The summed E-state index contributed by atoms with van der Waals surface area (Å²) in [6, 6.07) is 9.09. The Kier molecular flexibility index (Phi) is 3.80. The molecule has 88 valence electrons. The summed E-state index contributed by atoms with van der Waals surface area (Å²) in [6.45, 7) is 4.36. The van der Waals surface area contributed by atoms with E-state index < -0.39 is 0 Å². The van der Waals surface area contributed by atoms with Gasteiger partial charge in [0.2, 0.25) is 0 Å². The third-order valence-corrected chi connectivity index (χ3v) is 3.06. The van der Waals surface area contributed by atoms with Gasteiger partial charge in [0.15, 0.2) is 0 Å². The predicted octanol–water partition coefficient (Wildman–Crippen LogP) is 1.45. The Morgan fingerprint density at radius 1 is 1.38 bits per heavy atom. The van der Waals surface area contributed by atoms with Gasteiger partial charge in [-0.3, -0.25) is 0 Å². The first kappa shape index (κ1) is 11.4. The lowest BCUT2D eigenvalue weighted by Crippen LogP contribution is -2.32. The van der Waals surface area contributed by atoms with Crippen molar-refractivity contribution in [2.75, 3.05) is 31.3 Å². The van der Waals surface area contributed by atoms with Crippen LogP contribution in [0.2, 0.25) is 0 Å². The van der Waals surface area contributed by atoms with E-state index in [0.717, 1.165) is 13.0 Å². The molecule has 0 saturated carbocycles. The van der Waals surface area contributed by atoms with Crippen LogP contribution in [0, 0.1) is 0 Å². The molecule has 1 N–H and O–H groups in total. The Hall–Kier alpha value is -1.06. The van der Waals surface area contributed by atoms with E-state index in [1.165, 1.54) is 11.3 Å². The number of rotatable bonds is 5. The highest BCUT2D eigenvalue weighted by molar-refractivity contribution is 5.59. The van der Waals surface area contributed by atoms with Gasteiger partial charge in [0.05, 0.1) is 19.8 Å². The maximum Gasteiger partial charge on any atom is 0.0698 e. The molecule has 0 aliphatic carbocycles. The van der Waals surface area contributed by atoms with Crippen molar-refractivity contribution in [2.45, 2.75) is 19.4 Å². The van der Waals surface area contributed by atoms with Crippen molar-refractivity contribution >= 4 is 5.69 Å². The van der Waals surface area contributed by atoms with E-state index in [1.807, 2.05) is 0 Å². The van der Waals surface area contributed by atoms with Gasteiger partial charge in [0.1, 0.15) is 0 Å². The second-order valence-corrected chi connectivity index (χ2v) is 4.21. The maximum absolute atomic E-state index is 8.63. The summed E-state index contributed by atoms with van der Waals surface area (Å²) in [5.74, 6) is 0. The zero-order valence-electron chi connectivity index (χ0n) is 9.72. The van der Waals surface area contributed by atoms with Crippen molar-refractivity contribution in [2.24, 2.45) is 0 Å². The Balaban J connectivity index is 1.94. The van der Waals surface area contributed by atoms with Gasteiger partial charge in [-0.2, -0.15) is 0 Å². The van der Waals surface area contributed by atoms with Crippen LogP contribution in [0.4, 0.5) is 5.69 Å². The summed E-state index contributed by atoms with van der Waals surface area (Å²) in [4.78, 5) is 2.38. The minimum atomic E-state index is 0.103. The Morgan fingerprint density at radius 2 is 2.19 bits per heavy atom. The number of fused-ring (bicyclic) bond motifs is 1. The quantitative estimate of drug-likeness (QED) is 0.764. The van der Waals surface area contributed by atoms with Gasteiger partial charge in [-0.25, -0.2) is 0 Å². The van der Waals surface area contributed by atoms with E-state index in [0.29, 0.717) is 19.3 Å². The second-order valence-electron chi connectivity index (χ2n) is 4.21. The van der Waals surface area contributed by atoms with Gasteiger partial charge in [-0.15, -0.1) is 0 Å². The van der Waals surface area contributed by atoms with Gasteiger partial charge in [-0.05, 0) is 25.0 Å². The van der Waals surface area contributed by atoms with Gasteiger partial charge in [0.25, 0.3) is 0 Å².